The average molecular weight is 303 g/mol. The lowest BCUT2D eigenvalue weighted by atomic mass is 9.98. The van der Waals surface area contributed by atoms with Gasteiger partial charge >= 0.3 is 0 Å². The first kappa shape index (κ1) is 15.1. The Bertz CT molecular complexity index is 648. The van der Waals surface area contributed by atoms with Crippen molar-refractivity contribution in [1.29, 1.82) is 0 Å². The number of nitrogens with zero attached hydrogens (tertiary/aromatic N) is 1. The van der Waals surface area contributed by atoms with E-state index in [0.29, 0.717) is 6.42 Å². The Morgan fingerprint density at radius 1 is 1.33 bits per heavy atom. The molecule has 0 aliphatic rings. The van der Waals surface area contributed by atoms with Crippen LogP contribution in [0.1, 0.15) is 5.56 Å². The summed E-state index contributed by atoms with van der Waals surface area (Å²) >= 11 is 4.95. The Hall–Kier alpha value is -2.34. The molecule has 108 valence electrons. The van der Waals surface area contributed by atoms with Gasteiger partial charge in [0.2, 0.25) is 5.91 Å². The summed E-state index contributed by atoms with van der Waals surface area (Å²) in [4.78, 5) is 15.9. The highest BCUT2D eigenvalue weighted by Gasteiger charge is 2.22. The quantitative estimate of drug-likeness (QED) is 0.832. The van der Waals surface area contributed by atoms with Crippen LogP contribution in [0, 0.1) is 11.7 Å². The van der Waals surface area contributed by atoms with Crippen LogP contribution in [0.3, 0.4) is 0 Å². The second kappa shape index (κ2) is 6.90. The van der Waals surface area contributed by atoms with Gasteiger partial charge in [0.15, 0.2) is 5.82 Å². The van der Waals surface area contributed by atoms with Gasteiger partial charge in [-0.1, -0.05) is 42.5 Å². The van der Waals surface area contributed by atoms with Crippen molar-refractivity contribution in [3.63, 3.8) is 0 Å². The SMILES string of the molecule is NC(=S)C(Cc1ccccc1)C(=O)Nc1ccncc1F. The summed E-state index contributed by atoms with van der Waals surface area (Å²) in [6.07, 6.45) is 2.79. The lowest BCUT2D eigenvalue weighted by molar-refractivity contribution is -0.118. The van der Waals surface area contributed by atoms with Crippen LogP contribution in [0.2, 0.25) is 0 Å². The zero-order chi connectivity index (χ0) is 15.2. The first-order valence-electron chi connectivity index (χ1n) is 6.31. The number of hydrogen-bond donors (Lipinski definition) is 2. The first-order chi connectivity index (χ1) is 10.1. The molecule has 6 heteroatoms. The molecule has 3 N–H and O–H groups in total. The molecule has 0 radical (unpaired) electrons. The summed E-state index contributed by atoms with van der Waals surface area (Å²) in [5.74, 6) is -1.74. The van der Waals surface area contributed by atoms with E-state index in [0.717, 1.165) is 11.8 Å². The van der Waals surface area contributed by atoms with Gasteiger partial charge in [0, 0.05) is 6.20 Å². The van der Waals surface area contributed by atoms with Gasteiger partial charge in [0.05, 0.1) is 22.8 Å². The standard InChI is InChI=1S/C15H14FN3OS/c16-12-9-18-7-6-13(12)19-15(20)11(14(17)21)8-10-4-2-1-3-5-10/h1-7,9,11H,8H2,(H2,17,21)(H,18,19,20). The van der Waals surface area contributed by atoms with Gasteiger partial charge in [-0.25, -0.2) is 4.39 Å². The summed E-state index contributed by atoms with van der Waals surface area (Å²) in [6, 6.07) is 10.8. The largest absolute Gasteiger partial charge is 0.393 e. The van der Waals surface area contributed by atoms with Gasteiger partial charge in [-0.05, 0) is 18.1 Å². The van der Waals surface area contributed by atoms with Crippen LogP contribution >= 0.6 is 12.2 Å². The molecule has 0 fully saturated rings. The van der Waals surface area contributed by atoms with Crippen LogP contribution in [0.5, 0.6) is 0 Å². The number of carbonyl (C=O) groups excluding carboxylic acids is 1. The fourth-order valence-electron chi connectivity index (χ4n) is 1.87. The van der Waals surface area contributed by atoms with Gasteiger partial charge in [0.1, 0.15) is 0 Å². The molecule has 0 aliphatic heterocycles. The minimum absolute atomic E-state index is 0.0595. The van der Waals surface area contributed by atoms with E-state index in [1.54, 1.807) is 0 Å². The van der Waals surface area contributed by atoms with Crippen molar-refractivity contribution in [3.05, 3.63) is 60.2 Å². The molecule has 4 nitrogen and oxygen atoms in total. The molecular weight excluding hydrogens is 289 g/mol. The van der Waals surface area contributed by atoms with E-state index in [-0.39, 0.29) is 10.7 Å². The summed E-state index contributed by atoms with van der Waals surface area (Å²) in [7, 11) is 0. The number of thiocarbonyl (C=S) groups is 1. The molecule has 1 aromatic carbocycles. The number of aromatic nitrogens is 1. The van der Waals surface area contributed by atoms with Crippen LogP contribution in [-0.4, -0.2) is 15.9 Å². The number of pyridine rings is 1. The van der Waals surface area contributed by atoms with Crippen LogP contribution in [0.25, 0.3) is 0 Å². The van der Waals surface area contributed by atoms with Gasteiger partial charge in [-0.15, -0.1) is 0 Å². The molecular formula is C15H14FN3OS. The van der Waals surface area contributed by atoms with Crippen molar-refractivity contribution in [2.75, 3.05) is 5.32 Å². The summed E-state index contributed by atoms with van der Waals surface area (Å²) in [6.45, 7) is 0. The second-order valence-electron chi connectivity index (χ2n) is 4.49. The summed E-state index contributed by atoms with van der Waals surface area (Å²) < 4.78 is 13.5. The molecule has 1 atom stereocenters. The van der Waals surface area contributed by atoms with E-state index < -0.39 is 17.6 Å². The van der Waals surface area contributed by atoms with Crippen molar-refractivity contribution in [1.82, 2.24) is 4.98 Å². The molecule has 0 saturated heterocycles. The van der Waals surface area contributed by atoms with Crippen molar-refractivity contribution in [2.24, 2.45) is 11.7 Å². The van der Waals surface area contributed by atoms with E-state index >= 15 is 0 Å². The second-order valence-corrected chi connectivity index (χ2v) is 4.96. The Kier molecular flexibility index (Phi) is 4.94. The molecule has 0 bridgehead atoms. The zero-order valence-electron chi connectivity index (χ0n) is 11.1. The van der Waals surface area contributed by atoms with Crippen LogP contribution in [0.15, 0.2) is 48.8 Å². The molecule has 1 aromatic heterocycles. The van der Waals surface area contributed by atoms with Gasteiger partial charge in [0.25, 0.3) is 0 Å². The maximum absolute atomic E-state index is 13.5. The van der Waals surface area contributed by atoms with E-state index in [2.05, 4.69) is 10.3 Å². The predicted octanol–water partition coefficient (Wildman–Crippen LogP) is 2.30. The van der Waals surface area contributed by atoms with Crippen molar-refractivity contribution >= 4 is 28.8 Å². The fraction of sp³-hybridized carbons (Fsp3) is 0.133. The smallest absolute Gasteiger partial charge is 0.234 e. The molecule has 1 heterocycles. The monoisotopic (exact) mass is 303 g/mol. The highest BCUT2D eigenvalue weighted by molar-refractivity contribution is 7.80. The van der Waals surface area contributed by atoms with E-state index in [1.165, 1.54) is 12.3 Å². The summed E-state index contributed by atoms with van der Waals surface area (Å²) in [5, 5.41) is 2.49. The van der Waals surface area contributed by atoms with E-state index in [4.69, 9.17) is 18.0 Å². The summed E-state index contributed by atoms with van der Waals surface area (Å²) in [5.41, 5.74) is 6.63. The molecule has 0 aliphatic carbocycles. The molecule has 1 unspecified atom stereocenters. The van der Waals surface area contributed by atoms with Crippen molar-refractivity contribution in [3.8, 4) is 0 Å². The molecule has 0 saturated carbocycles. The van der Waals surface area contributed by atoms with Gasteiger partial charge < -0.3 is 11.1 Å². The van der Waals surface area contributed by atoms with Crippen molar-refractivity contribution < 1.29 is 9.18 Å². The molecule has 0 spiro atoms. The Balaban J connectivity index is 2.13. The van der Waals surface area contributed by atoms with Gasteiger partial charge in [-0.3, -0.25) is 9.78 Å². The highest BCUT2D eigenvalue weighted by Crippen LogP contribution is 2.15. The normalized spacial score (nSPS) is 11.7. The number of rotatable bonds is 5. The maximum atomic E-state index is 13.5. The number of amides is 1. The van der Waals surface area contributed by atoms with E-state index in [1.807, 2.05) is 30.3 Å². The number of nitrogens with two attached hydrogens (primary N) is 1. The number of benzene rings is 1. The zero-order valence-corrected chi connectivity index (χ0v) is 11.9. The Morgan fingerprint density at radius 2 is 2.05 bits per heavy atom. The Morgan fingerprint density at radius 3 is 2.67 bits per heavy atom. The van der Waals surface area contributed by atoms with Gasteiger partial charge in [-0.2, -0.15) is 0 Å². The first-order valence-corrected chi connectivity index (χ1v) is 6.72. The van der Waals surface area contributed by atoms with Crippen LogP contribution in [0.4, 0.5) is 10.1 Å². The maximum Gasteiger partial charge on any atom is 0.234 e. The predicted molar refractivity (Wildman–Crippen MR) is 83.2 cm³/mol. The van der Waals surface area contributed by atoms with Crippen LogP contribution < -0.4 is 11.1 Å². The minimum atomic E-state index is -0.699. The third-order valence-corrected chi connectivity index (χ3v) is 3.26. The number of halogens is 1. The average Bonchev–Trinajstić information content (AvgIpc) is 2.48. The highest BCUT2D eigenvalue weighted by atomic mass is 32.1. The number of hydrogen-bond acceptors (Lipinski definition) is 3. The lowest BCUT2D eigenvalue weighted by Gasteiger charge is -2.15. The fourth-order valence-corrected chi connectivity index (χ4v) is 2.06. The minimum Gasteiger partial charge on any atom is -0.393 e. The number of nitrogens with one attached hydrogen (secondary N) is 1. The molecule has 21 heavy (non-hydrogen) atoms. The molecule has 1 amide bonds. The topological polar surface area (TPSA) is 68.0 Å². The Labute approximate surface area is 127 Å². The third kappa shape index (κ3) is 4.06. The number of anilines is 1. The third-order valence-electron chi connectivity index (χ3n) is 2.97. The molecule has 2 rings (SSSR count). The lowest BCUT2D eigenvalue weighted by Crippen LogP contribution is -2.35. The van der Waals surface area contributed by atoms with E-state index in [9.17, 15) is 9.18 Å². The van der Waals surface area contributed by atoms with Crippen molar-refractivity contribution in [2.45, 2.75) is 6.42 Å². The van der Waals surface area contributed by atoms with Crippen LogP contribution in [-0.2, 0) is 11.2 Å². The molecule has 2 aromatic rings. The number of carbonyl (C=O) groups is 1.